The lowest BCUT2D eigenvalue weighted by molar-refractivity contribution is 0.137. The quantitative estimate of drug-likeness (QED) is 0.737. The molecule has 0 radical (unpaired) electrons. The van der Waals surface area contributed by atoms with Gasteiger partial charge in [-0.2, -0.15) is 0 Å². The molecule has 108 valence electrons. The highest BCUT2D eigenvalue weighted by atomic mass is 19.1. The van der Waals surface area contributed by atoms with E-state index in [1.807, 2.05) is 0 Å². The minimum absolute atomic E-state index is 0.0993. The van der Waals surface area contributed by atoms with E-state index in [4.69, 9.17) is 4.74 Å². The Bertz CT molecular complexity index is 373. The molecule has 0 saturated carbocycles. The van der Waals surface area contributed by atoms with Gasteiger partial charge in [0.1, 0.15) is 17.5 Å². The largest absolute Gasteiger partial charge is 0.380 e. The first-order valence-electron chi connectivity index (χ1n) is 6.42. The lowest BCUT2D eigenvalue weighted by atomic mass is 10.1. The summed E-state index contributed by atoms with van der Waals surface area (Å²) in [4.78, 5) is 0. The first kappa shape index (κ1) is 16.0. The van der Waals surface area contributed by atoms with Crippen molar-refractivity contribution in [3.63, 3.8) is 0 Å². The summed E-state index contributed by atoms with van der Waals surface area (Å²) in [5.74, 6) is -2.06. The first-order chi connectivity index (χ1) is 9.00. The molecule has 0 fully saturated rings. The molecule has 0 aromatic heterocycles. The topological polar surface area (TPSA) is 21.3 Å². The fourth-order valence-corrected chi connectivity index (χ4v) is 1.62. The van der Waals surface area contributed by atoms with Crippen LogP contribution < -0.4 is 5.32 Å². The number of hydrogen-bond donors (Lipinski definition) is 1. The van der Waals surface area contributed by atoms with Crippen LogP contribution in [0.5, 0.6) is 0 Å². The lowest BCUT2D eigenvalue weighted by Gasteiger charge is -2.09. The summed E-state index contributed by atoms with van der Waals surface area (Å²) < 4.78 is 44.5. The Hall–Kier alpha value is -1.07. The van der Waals surface area contributed by atoms with E-state index in [0.29, 0.717) is 31.2 Å². The van der Waals surface area contributed by atoms with Crippen LogP contribution in [0.4, 0.5) is 13.2 Å². The second-order valence-corrected chi connectivity index (χ2v) is 4.81. The van der Waals surface area contributed by atoms with E-state index in [9.17, 15) is 13.2 Å². The van der Waals surface area contributed by atoms with Crippen molar-refractivity contribution in [1.82, 2.24) is 5.32 Å². The van der Waals surface area contributed by atoms with E-state index >= 15 is 0 Å². The molecule has 1 aromatic carbocycles. The normalized spacial score (nSPS) is 11.3. The summed E-state index contributed by atoms with van der Waals surface area (Å²) >= 11 is 0. The monoisotopic (exact) mass is 275 g/mol. The van der Waals surface area contributed by atoms with Crippen molar-refractivity contribution in [2.24, 2.45) is 5.92 Å². The highest BCUT2D eigenvalue weighted by Crippen LogP contribution is 2.15. The third kappa shape index (κ3) is 6.07. The molecule has 1 aromatic rings. The molecule has 1 N–H and O–H groups in total. The summed E-state index contributed by atoms with van der Waals surface area (Å²) in [5, 5.41) is 3.19. The number of ether oxygens (including phenoxy) is 1. The molecule has 1 rings (SSSR count). The van der Waals surface area contributed by atoms with Crippen LogP contribution in [0.15, 0.2) is 12.1 Å². The van der Waals surface area contributed by atoms with Crippen molar-refractivity contribution in [2.45, 2.75) is 20.3 Å². The zero-order chi connectivity index (χ0) is 14.3. The minimum Gasteiger partial charge on any atom is -0.380 e. The Morgan fingerprint density at radius 2 is 1.74 bits per heavy atom. The van der Waals surface area contributed by atoms with Gasteiger partial charge in [-0.15, -0.1) is 0 Å². The van der Waals surface area contributed by atoms with Crippen LogP contribution in [-0.4, -0.2) is 26.3 Å². The second kappa shape index (κ2) is 8.17. The molecule has 2 nitrogen and oxygen atoms in total. The summed E-state index contributed by atoms with van der Waals surface area (Å²) in [6.45, 7) is 6.51. The third-order valence-corrected chi connectivity index (χ3v) is 2.58. The van der Waals surface area contributed by atoms with Crippen LogP contribution in [-0.2, 0) is 11.2 Å². The number of benzene rings is 1. The van der Waals surface area contributed by atoms with Crippen molar-refractivity contribution in [1.29, 1.82) is 0 Å². The maximum Gasteiger partial charge on any atom is 0.132 e. The predicted octanol–water partition coefficient (Wildman–Crippen LogP) is 2.91. The third-order valence-electron chi connectivity index (χ3n) is 2.58. The van der Waals surface area contributed by atoms with Gasteiger partial charge < -0.3 is 10.1 Å². The average Bonchev–Trinajstić information content (AvgIpc) is 2.30. The van der Waals surface area contributed by atoms with E-state index in [-0.39, 0.29) is 18.6 Å². The highest BCUT2D eigenvalue weighted by Gasteiger charge is 2.10. The molecule has 0 aliphatic heterocycles. The van der Waals surface area contributed by atoms with Gasteiger partial charge in [0.15, 0.2) is 0 Å². The molecule has 0 spiro atoms. The fourth-order valence-electron chi connectivity index (χ4n) is 1.62. The SMILES string of the molecule is CC(C)CNCCOCCc1c(F)cc(F)cc1F. The maximum absolute atomic E-state index is 13.3. The molecule has 0 bridgehead atoms. The molecule has 0 amide bonds. The van der Waals surface area contributed by atoms with Gasteiger partial charge in [-0.1, -0.05) is 13.8 Å². The number of halogens is 3. The van der Waals surface area contributed by atoms with Crippen LogP contribution in [0.3, 0.4) is 0 Å². The van der Waals surface area contributed by atoms with Gasteiger partial charge in [-0.25, -0.2) is 13.2 Å². The van der Waals surface area contributed by atoms with Gasteiger partial charge in [0, 0.05) is 30.7 Å². The standard InChI is InChI=1S/C14H20F3NO/c1-10(2)9-18-4-6-19-5-3-12-13(16)7-11(15)8-14(12)17/h7-8,10,18H,3-6,9H2,1-2H3. The summed E-state index contributed by atoms with van der Waals surface area (Å²) in [6, 6.07) is 1.37. The van der Waals surface area contributed by atoms with Gasteiger partial charge in [0.2, 0.25) is 0 Å². The summed E-state index contributed by atoms with van der Waals surface area (Å²) in [5.41, 5.74) is -0.128. The lowest BCUT2D eigenvalue weighted by Crippen LogP contribution is -2.24. The van der Waals surface area contributed by atoms with E-state index in [0.717, 1.165) is 6.54 Å². The summed E-state index contributed by atoms with van der Waals surface area (Å²) in [7, 11) is 0. The van der Waals surface area contributed by atoms with E-state index in [2.05, 4.69) is 19.2 Å². The number of hydrogen-bond acceptors (Lipinski definition) is 2. The molecule has 0 heterocycles. The van der Waals surface area contributed by atoms with Crippen molar-refractivity contribution in [3.05, 3.63) is 35.1 Å². The van der Waals surface area contributed by atoms with E-state index in [1.54, 1.807) is 0 Å². The Kier molecular flexibility index (Phi) is 6.87. The van der Waals surface area contributed by atoms with Crippen LogP contribution in [0.2, 0.25) is 0 Å². The maximum atomic E-state index is 13.3. The Balaban J connectivity index is 2.23. The van der Waals surface area contributed by atoms with Gasteiger partial charge in [0.05, 0.1) is 13.2 Å². The van der Waals surface area contributed by atoms with Crippen molar-refractivity contribution >= 4 is 0 Å². The van der Waals surface area contributed by atoms with E-state index < -0.39 is 17.5 Å². The van der Waals surface area contributed by atoms with Crippen LogP contribution in [0.1, 0.15) is 19.4 Å². The van der Waals surface area contributed by atoms with Gasteiger partial charge in [-0.05, 0) is 12.5 Å². The average molecular weight is 275 g/mol. The zero-order valence-corrected chi connectivity index (χ0v) is 11.3. The van der Waals surface area contributed by atoms with Crippen molar-refractivity contribution < 1.29 is 17.9 Å². The molecule has 0 unspecified atom stereocenters. The first-order valence-corrected chi connectivity index (χ1v) is 6.42. The van der Waals surface area contributed by atoms with Crippen molar-refractivity contribution in [2.75, 3.05) is 26.3 Å². The van der Waals surface area contributed by atoms with Crippen LogP contribution in [0, 0.1) is 23.4 Å². The molecule has 5 heteroatoms. The molecule has 19 heavy (non-hydrogen) atoms. The predicted molar refractivity (Wildman–Crippen MR) is 68.5 cm³/mol. The van der Waals surface area contributed by atoms with Crippen LogP contribution in [0.25, 0.3) is 0 Å². The van der Waals surface area contributed by atoms with Crippen LogP contribution >= 0.6 is 0 Å². The van der Waals surface area contributed by atoms with Gasteiger partial charge >= 0.3 is 0 Å². The highest BCUT2D eigenvalue weighted by molar-refractivity contribution is 5.20. The second-order valence-electron chi connectivity index (χ2n) is 4.81. The van der Waals surface area contributed by atoms with Gasteiger partial charge in [-0.3, -0.25) is 0 Å². The minimum atomic E-state index is -0.905. The summed E-state index contributed by atoms with van der Waals surface area (Å²) in [6.07, 6.45) is 0.0993. The smallest absolute Gasteiger partial charge is 0.132 e. The Labute approximate surface area is 112 Å². The van der Waals surface area contributed by atoms with Crippen molar-refractivity contribution in [3.8, 4) is 0 Å². The molecular formula is C14H20F3NO. The Morgan fingerprint density at radius 1 is 1.11 bits per heavy atom. The zero-order valence-electron chi connectivity index (χ0n) is 11.3. The fraction of sp³-hybridized carbons (Fsp3) is 0.571. The molecule has 0 atom stereocenters. The molecule has 0 saturated heterocycles. The molecule has 0 aliphatic rings. The number of nitrogens with one attached hydrogen (secondary N) is 1. The Morgan fingerprint density at radius 3 is 2.32 bits per heavy atom. The van der Waals surface area contributed by atoms with Gasteiger partial charge in [0.25, 0.3) is 0 Å². The van der Waals surface area contributed by atoms with E-state index in [1.165, 1.54) is 0 Å². The molecular weight excluding hydrogens is 255 g/mol. The number of rotatable bonds is 8. The molecule has 0 aliphatic carbocycles.